The molecule has 2 aliphatic carbocycles. The summed E-state index contributed by atoms with van der Waals surface area (Å²) in [5.74, 6) is 4.40. The molecule has 0 amide bonds. The lowest BCUT2D eigenvalue weighted by molar-refractivity contribution is 0.163. The predicted molar refractivity (Wildman–Crippen MR) is 195 cm³/mol. The van der Waals surface area contributed by atoms with Gasteiger partial charge >= 0.3 is 0 Å². The van der Waals surface area contributed by atoms with Crippen LogP contribution in [0.3, 0.4) is 0 Å². The van der Waals surface area contributed by atoms with Crippen LogP contribution >= 0.6 is 0 Å². The van der Waals surface area contributed by atoms with Gasteiger partial charge in [-0.1, -0.05) is 90.5 Å². The SMILES string of the molecule is CC(C)c1ccc(NCc2ccoc2)c(C2CCCCC2)c1.COCc1ccc(CNc2ccc(C(C)C)cc2C2CCCCC2)o1. The highest BCUT2D eigenvalue weighted by Crippen LogP contribution is 2.39. The van der Waals surface area contributed by atoms with Crippen molar-refractivity contribution in [1.29, 1.82) is 0 Å². The van der Waals surface area contributed by atoms with Crippen molar-refractivity contribution in [2.45, 2.75) is 135 Å². The Kier molecular flexibility index (Phi) is 13.1. The summed E-state index contributed by atoms with van der Waals surface area (Å²) in [7, 11) is 1.69. The lowest BCUT2D eigenvalue weighted by atomic mass is 9.82. The van der Waals surface area contributed by atoms with Crippen LogP contribution in [0.15, 0.2) is 76.0 Å². The maximum atomic E-state index is 5.81. The maximum absolute atomic E-state index is 5.81. The Bertz CT molecular complexity index is 1470. The van der Waals surface area contributed by atoms with E-state index in [1.54, 1.807) is 13.4 Å². The molecule has 0 atom stereocenters. The Balaban J connectivity index is 0.000000186. The highest BCUT2D eigenvalue weighted by atomic mass is 16.5. The molecule has 0 radical (unpaired) electrons. The molecule has 5 heteroatoms. The van der Waals surface area contributed by atoms with Gasteiger partial charge in [0.2, 0.25) is 0 Å². The van der Waals surface area contributed by atoms with Gasteiger partial charge in [-0.25, -0.2) is 0 Å². The van der Waals surface area contributed by atoms with E-state index in [9.17, 15) is 0 Å². The Hall–Kier alpha value is -3.44. The first-order chi connectivity index (χ1) is 22.9. The molecule has 2 aromatic carbocycles. The van der Waals surface area contributed by atoms with Crippen LogP contribution in [0.2, 0.25) is 0 Å². The van der Waals surface area contributed by atoms with Crippen LogP contribution in [0.4, 0.5) is 11.4 Å². The van der Waals surface area contributed by atoms with Crippen LogP contribution in [0.5, 0.6) is 0 Å². The highest BCUT2D eigenvalue weighted by molar-refractivity contribution is 5.56. The third-order valence-electron chi connectivity index (χ3n) is 10.1. The van der Waals surface area contributed by atoms with Gasteiger partial charge < -0.3 is 24.2 Å². The third kappa shape index (κ3) is 10.0. The van der Waals surface area contributed by atoms with Gasteiger partial charge in [-0.05, 0) is 102 Å². The number of rotatable bonds is 12. The van der Waals surface area contributed by atoms with Crippen molar-refractivity contribution in [3.8, 4) is 0 Å². The Labute approximate surface area is 283 Å². The Morgan fingerprint density at radius 3 is 1.68 bits per heavy atom. The van der Waals surface area contributed by atoms with E-state index in [1.165, 1.54) is 103 Å². The zero-order valence-corrected chi connectivity index (χ0v) is 29.6. The van der Waals surface area contributed by atoms with E-state index < -0.39 is 0 Å². The van der Waals surface area contributed by atoms with Crippen molar-refractivity contribution in [3.05, 3.63) is 106 Å². The summed E-state index contributed by atoms with van der Waals surface area (Å²) in [5.41, 5.74) is 9.67. The molecule has 2 aromatic heterocycles. The van der Waals surface area contributed by atoms with E-state index in [0.29, 0.717) is 30.9 Å². The van der Waals surface area contributed by atoms with Gasteiger partial charge in [-0.3, -0.25) is 0 Å². The monoisotopic (exact) mass is 638 g/mol. The smallest absolute Gasteiger partial charge is 0.129 e. The number of benzene rings is 2. The van der Waals surface area contributed by atoms with Gasteiger partial charge in [-0.15, -0.1) is 0 Å². The molecule has 5 nitrogen and oxygen atoms in total. The number of anilines is 2. The molecular formula is C42H58N2O3. The van der Waals surface area contributed by atoms with Gasteiger partial charge in [-0.2, -0.15) is 0 Å². The summed E-state index contributed by atoms with van der Waals surface area (Å²) in [6, 6.07) is 20.0. The van der Waals surface area contributed by atoms with Crippen molar-refractivity contribution in [3.63, 3.8) is 0 Å². The van der Waals surface area contributed by atoms with Gasteiger partial charge in [0.25, 0.3) is 0 Å². The summed E-state index contributed by atoms with van der Waals surface area (Å²) >= 11 is 0. The molecular weight excluding hydrogens is 580 g/mol. The lowest BCUT2D eigenvalue weighted by Crippen LogP contribution is -2.10. The van der Waals surface area contributed by atoms with Crippen molar-refractivity contribution in [2.24, 2.45) is 0 Å². The zero-order chi connectivity index (χ0) is 33.0. The number of hydrogen-bond acceptors (Lipinski definition) is 5. The average Bonchev–Trinajstić information content (AvgIpc) is 3.80. The normalized spacial score (nSPS) is 15.9. The molecule has 4 aromatic rings. The van der Waals surface area contributed by atoms with Crippen LogP contribution < -0.4 is 10.6 Å². The van der Waals surface area contributed by atoms with Crippen molar-refractivity contribution < 1.29 is 13.6 Å². The zero-order valence-electron chi connectivity index (χ0n) is 29.6. The number of furan rings is 2. The molecule has 2 aliphatic rings. The third-order valence-corrected chi connectivity index (χ3v) is 10.1. The van der Waals surface area contributed by atoms with Crippen LogP contribution in [-0.4, -0.2) is 7.11 Å². The molecule has 2 N–H and O–H groups in total. The molecule has 0 saturated heterocycles. The van der Waals surface area contributed by atoms with Gasteiger partial charge in [0.1, 0.15) is 18.1 Å². The van der Waals surface area contributed by atoms with Crippen LogP contribution in [-0.2, 0) is 24.4 Å². The second kappa shape index (κ2) is 17.6. The number of nitrogens with one attached hydrogen (secondary N) is 2. The van der Waals surface area contributed by atoms with Gasteiger partial charge in [0.05, 0.1) is 19.1 Å². The van der Waals surface area contributed by atoms with Crippen LogP contribution in [0, 0.1) is 0 Å². The molecule has 6 rings (SSSR count). The summed E-state index contributed by atoms with van der Waals surface area (Å²) in [6.45, 7) is 11.2. The fourth-order valence-corrected chi connectivity index (χ4v) is 7.22. The maximum Gasteiger partial charge on any atom is 0.129 e. The summed E-state index contributed by atoms with van der Waals surface area (Å²) < 4.78 is 16.1. The Morgan fingerprint density at radius 2 is 1.19 bits per heavy atom. The van der Waals surface area contributed by atoms with Gasteiger partial charge in [0.15, 0.2) is 0 Å². The van der Waals surface area contributed by atoms with E-state index in [1.807, 2.05) is 24.5 Å². The van der Waals surface area contributed by atoms with Crippen molar-refractivity contribution in [2.75, 3.05) is 17.7 Å². The number of ether oxygens (including phenoxy) is 1. The summed E-state index contributed by atoms with van der Waals surface area (Å²) in [4.78, 5) is 0. The van der Waals surface area contributed by atoms with E-state index in [2.05, 4.69) is 74.7 Å². The molecule has 2 heterocycles. The van der Waals surface area contributed by atoms with Gasteiger partial charge in [0, 0.05) is 30.6 Å². The lowest BCUT2D eigenvalue weighted by Gasteiger charge is -2.26. The second-order valence-electron chi connectivity index (χ2n) is 14.3. The summed E-state index contributed by atoms with van der Waals surface area (Å²) in [5, 5.41) is 7.23. The van der Waals surface area contributed by atoms with E-state index in [-0.39, 0.29) is 0 Å². The molecule has 0 aliphatic heterocycles. The molecule has 47 heavy (non-hydrogen) atoms. The number of methoxy groups -OCH3 is 1. The van der Waals surface area contributed by atoms with E-state index >= 15 is 0 Å². The highest BCUT2D eigenvalue weighted by Gasteiger charge is 2.21. The topological polar surface area (TPSA) is 59.6 Å². The second-order valence-corrected chi connectivity index (χ2v) is 14.3. The Morgan fingerprint density at radius 1 is 0.660 bits per heavy atom. The molecule has 2 saturated carbocycles. The largest absolute Gasteiger partial charge is 0.472 e. The fraction of sp³-hybridized carbons (Fsp3) is 0.524. The molecule has 0 unspecified atom stereocenters. The first kappa shape index (κ1) is 34.9. The minimum atomic E-state index is 0.524. The minimum absolute atomic E-state index is 0.524. The molecule has 254 valence electrons. The predicted octanol–water partition coefficient (Wildman–Crippen LogP) is 12.3. The fourth-order valence-electron chi connectivity index (χ4n) is 7.22. The average molecular weight is 639 g/mol. The minimum Gasteiger partial charge on any atom is -0.472 e. The van der Waals surface area contributed by atoms with Crippen molar-refractivity contribution >= 4 is 11.4 Å². The number of hydrogen-bond donors (Lipinski definition) is 2. The first-order valence-corrected chi connectivity index (χ1v) is 18.2. The van der Waals surface area contributed by atoms with Crippen LogP contribution in [0.25, 0.3) is 0 Å². The van der Waals surface area contributed by atoms with E-state index in [0.717, 1.165) is 24.0 Å². The molecule has 0 spiro atoms. The quantitative estimate of drug-likeness (QED) is 0.162. The van der Waals surface area contributed by atoms with E-state index in [4.69, 9.17) is 13.6 Å². The standard InChI is InChI=1S/C22H31NO2.C20H27NO/c1-16(2)18-9-12-22(21(13-18)17-7-5-4-6-8-17)23-14-19-10-11-20(25-19)15-24-3;1-15(2)18-8-9-20(21-13-16-10-11-22-14-16)19(12-18)17-6-4-3-5-7-17/h9-13,16-17,23H,4-8,14-15H2,1-3H3;8-12,14-15,17,21H,3-7,13H2,1-2H3. The van der Waals surface area contributed by atoms with Crippen LogP contribution in [0.1, 0.15) is 155 Å². The molecule has 0 bridgehead atoms. The molecule has 2 fully saturated rings. The summed E-state index contributed by atoms with van der Waals surface area (Å²) in [6.07, 6.45) is 17.1. The first-order valence-electron chi connectivity index (χ1n) is 18.2. The van der Waals surface area contributed by atoms with Crippen molar-refractivity contribution in [1.82, 2.24) is 0 Å².